The van der Waals surface area contributed by atoms with Gasteiger partial charge in [0.25, 0.3) is 0 Å². The highest BCUT2D eigenvalue weighted by molar-refractivity contribution is 9.10. The van der Waals surface area contributed by atoms with Gasteiger partial charge in [-0.05, 0) is 35.1 Å². The Morgan fingerprint density at radius 1 is 1.50 bits per heavy atom. The first-order valence-corrected chi connectivity index (χ1v) is 6.81. The summed E-state index contributed by atoms with van der Waals surface area (Å²) in [5.74, 6) is -0.320. The first kappa shape index (κ1) is 14.2. The quantitative estimate of drug-likeness (QED) is 0.860. The molecule has 18 heavy (non-hydrogen) atoms. The van der Waals surface area contributed by atoms with E-state index in [1.807, 2.05) is 0 Å². The molecule has 0 bridgehead atoms. The summed E-state index contributed by atoms with van der Waals surface area (Å²) in [7, 11) is 1.76. The SMILES string of the molecule is CNC(c1cc(Cl)c(Br)cc1F)C1COCCO1. The maximum Gasteiger partial charge on any atom is 0.129 e. The molecule has 0 aromatic heterocycles. The number of hydrogen-bond donors (Lipinski definition) is 1. The summed E-state index contributed by atoms with van der Waals surface area (Å²) in [5.41, 5.74) is 0.487. The van der Waals surface area contributed by atoms with Crippen LogP contribution < -0.4 is 5.32 Å². The van der Waals surface area contributed by atoms with E-state index in [0.29, 0.717) is 34.9 Å². The molecule has 1 aliphatic rings. The van der Waals surface area contributed by atoms with Crippen LogP contribution in [0.5, 0.6) is 0 Å². The van der Waals surface area contributed by atoms with Crippen molar-refractivity contribution in [1.82, 2.24) is 5.32 Å². The Kier molecular flexibility index (Phi) is 4.98. The van der Waals surface area contributed by atoms with Crippen molar-refractivity contribution in [2.45, 2.75) is 12.1 Å². The fourth-order valence-electron chi connectivity index (χ4n) is 2.02. The maximum absolute atomic E-state index is 14.0. The minimum atomic E-state index is -0.320. The Morgan fingerprint density at radius 3 is 2.89 bits per heavy atom. The highest BCUT2D eigenvalue weighted by Crippen LogP contribution is 2.31. The van der Waals surface area contributed by atoms with Gasteiger partial charge in [0.15, 0.2) is 0 Å². The summed E-state index contributed by atoms with van der Waals surface area (Å²) in [5, 5.41) is 3.53. The van der Waals surface area contributed by atoms with Crippen LogP contribution in [0.4, 0.5) is 4.39 Å². The van der Waals surface area contributed by atoms with Crippen molar-refractivity contribution in [2.24, 2.45) is 0 Å². The van der Waals surface area contributed by atoms with Gasteiger partial charge in [0.1, 0.15) is 11.9 Å². The monoisotopic (exact) mass is 337 g/mol. The molecular formula is C12H14BrClFNO2. The lowest BCUT2D eigenvalue weighted by Crippen LogP contribution is -2.39. The maximum atomic E-state index is 14.0. The fourth-order valence-corrected chi connectivity index (χ4v) is 2.50. The Balaban J connectivity index is 2.28. The normalized spacial score (nSPS) is 21.9. The molecular weight excluding hydrogens is 324 g/mol. The van der Waals surface area contributed by atoms with Gasteiger partial charge in [0, 0.05) is 10.0 Å². The number of halogens is 3. The van der Waals surface area contributed by atoms with Crippen molar-refractivity contribution in [3.63, 3.8) is 0 Å². The Bertz CT molecular complexity index is 427. The van der Waals surface area contributed by atoms with Crippen molar-refractivity contribution < 1.29 is 13.9 Å². The zero-order valence-corrected chi connectivity index (χ0v) is 12.2. The average Bonchev–Trinajstić information content (AvgIpc) is 2.38. The van der Waals surface area contributed by atoms with E-state index < -0.39 is 0 Å². The molecule has 1 aliphatic heterocycles. The fraction of sp³-hybridized carbons (Fsp3) is 0.500. The standard InChI is InChI=1S/C12H14BrClFNO2/c1-16-12(11-6-17-2-3-18-11)7-4-9(14)8(13)5-10(7)15/h4-5,11-12,16H,2-3,6H2,1H3. The van der Waals surface area contributed by atoms with Crippen molar-refractivity contribution in [3.8, 4) is 0 Å². The number of rotatable bonds is 3. The number of benzene rings is 1. The van der Waals surface area contributed by atoms with Gasteiger partial charge in [0.05, 0.1) is 30.9 Å². The van der Waals surface area contributed by atoms with E-state index in [0.717, 1.165) is 0 Å². The molecule has 100 valence electrons. The van der Waals surface area contributed by atoms with Gasteiger partial charge in [-0.1, -0.05) is 11.6 Å². The second kappa shape index (κ2) is 6.30. The summed E-state index contributed by atoms with van der Waals surface area (Å²) in [6, 6.07) is 2.70. The first-order chi connectivity index (χ1) is 8.63. The molecule has 6 heteroatoms. The molecule has 0 spiro atoms. The van der Waals surface area contributed by atoms with Crippen molar-refractivity contribution in [2.75, 3.05) is 26.9 Å². The highest BCUT2D eigenvalue weighted by atomic mass is 79.9. The van der Waals surface area contributed by atoms with E-state index in [1.165, 1.54) is 6.07 Å². The molecule has 2 rings (SSSR count). The number of likely N-dealkylation sites (N-methyl/N-ethyl adjacent to an activating group) is 1. The van der Waals surface area contributed by atoms with Crippen LogP contribution in [-0.2, 0) is 9.47 Å². The summed E-state index contributed by atoms with van der Waals surface area (Å²) in [4.78, 5) is 0. The molecule has 1 aromatic carbocycles. The highest BCUT2D eigenvalue weighted by Gasteiger charge is 2.28. The van der Waals surface area contributed by atoms with Gasteiger partial charge in [0.2, 0.25) is 0 Å². The summed E-state index contributed by atoms with van der Waals surface area (Å²) in [6.07, 6.45) is -0.213. The van der Waals surface area contributed by atoms with E-state index in [1.54, 1.807) is 13.1 Å². The Labute approximate surface area is 119 Å². The van der Waals surface area contributed by atoms with E-state index in [9.17, 15) is 4.39 Å². The summed E-state index contributed by atoms with van der Waals surface area (Å²) in [6.45, 7) is 1.55. The van der Waals surface area contributed by atoms with Crippen molar-refractivity contribution in [3.05, 3.63) is 33.0 Å². The second-order valence-electron chi connectivity index (χ2n) is 4.04. The molecule has 3 nitrogen and oxygen atoms in total. The topological polar surface area (TPSA) is 30.5 Å². The average molecular weight is 339 g/mol. The van der Waals surface area contributed by atoms with Crippen LogP contribution in [0.2, 0.25) is 5.02 Å². The number of ether oxygens (including phenoxy) is 2. The van der Waals surface area contributed by atoms with Gasteiger partial charge in [-0.25, -0.2) is 4.39 Å². The van der Waals surface area contributed by atoms with Crippen molar-refractivity contribution >= 4 is 27.5 Å². The third kappa shape index (κ3) is 3.03. The molecule has 1 aromatic rings. The van der Waals surface area contributed by atoms with Crippen LogP contribution in [-0.4, -0.2) is 33.0 Å². The molecule has 0 aliphatic carbocycles. The lowest BCUT2D eigenvalue weighted by molar-refractivity contribution is -0.102. The first-order valence-electron chi connectivity index (χ1n) is 5.64. The third-order valence-electron chi connectivity index (χ3n) is 2.90. The number of nitrogens with one attached hydrogen (secondary N) is 1. The lowest BCUT2D eigenvalue weighted by Gasteiger charge is -2.30. The van der Waals surface area contributed by atoms with Gasteiger partial charge in [-0.2, -0.15) is 0 Å². The van der Waals surface area contributed by atoms with E-state index in [4.69, 9.17) is 21.1 Å². The summed E-state index contributed by atoms with van der Waals surface area (Å²) >= 11 is 9.21. The van der Waals surface area contributed by atoms with E-state index in [-0.39, 0.29) is 18.0 Å². The zero-order valence-electron chi connectivity index (χ0n) is 9.88. The lowest BCUT2D eigenvalue weighted by atomic mass is 10.0. The molecule has 1 saturated heterocycles. The van der Waals surface area contributed by atoms with Gasteiger partial charge >= 0.3 is 0 Å². The third-order valence-corrected chi connectivity index (χ3v) is 4.10. The van der Waals surface area contributed by atoms with Gasteiger partial charge in [-0.15, -0.1) is 0 Å². The molecule has 0 amide bonds. The summed E-state index contributed by atoms with van der Waals surface area (Å²) < 4.78 is 25.5. The molecule has 2 unspecified atom stereocenters. The van der Waals surface area contributed by atoms with E-state index in [2.05, 4.69) is 21.2 Å². The van der Waals surface area contributed by atoms with Crippen LogP contribution in [0.3, 0.4) is 0 Å². The smallest absolute Gasteiger partial charge is 0.129 e. The molecule has 0 radical (unpaired) electrons. The predicted octanol–water partition coefficient (Wildman–Crippen LogP) is 2.92. The van der Waals surface area contributed by atoms with Crippen LogP contribution in [0.15, 0.2) is 16.6 Å². The largest absolute Gasteiger partial charge is 0.376 e. The molecule has 1 N–H and O–H groups in total. The van der Waals surface area contributed by atoms with Crippen LogP contribution in [0, 0.1) is 5.82 Å². The predicted molar refractivity (Wildman–Crippen MR) is 71.5 cm³/mol. The van der Waals surface area contributed by atoms with Crippen LogP contribution in [0.25, 0.3) is 0 Å². The molecule has 1 fully saturated rings. The van der Waals surface area contributed by atoms with Gasteiger partial charge < -0.3 is 14.8 Å². The zero-order chi connectivity index (χ0) is 13.1. The molecule has 2 atom stereocenters. The van der Waals surface area contributed by atoms with Crippen LogP contribution in [0.1, 0.15) is 11.6 Å². The van der Waals surface area contributed by atoms with Crippen LogP contribution >= 0.6 is 27.5 Å². The van der Waals surface area contributed by atoms with Gasteiger partial charge in [-0.3, -0.25) is 0 Å². The number of hydrogen-bond acceptors (Lipinski definition) is 3. The van der Waals surface area contributed by atoms with Crippen molar-refractivity contribution in [1.29, 1.82) is 0 Å². The molecule has 1 heterocycles. The minimum absolute atomic E-state index is 0.213. The Hall–Kier alpha value is -0.200. The minimum Gasteiger partial charge on any atom is -0.376 e. The molecule has 0 saturated carbocycles. The second-order valence-corrected chi connectivity index (χ2v) is 5.30. The van der Waals surface area contributed by atoms with E-state index >= 15 is 0 Å². The Morgan fingerprint density at radius 2 is 2.28 bits per heavy atom.